The highest BCUT2D eigenvalue weighted by molar-refractivity contribution is 9.10. The van der Waals surface area contributed by atoms with Crippen LogP contribution >= 0.6 is 39.5 Å². The Bertz CT molecular complexity index is 842. The molecule has 1 heterocycles. The van der Waals surface area contributed by atoms with Crippen LogP contribution in [0.15, 0.2) is 40.9 Å². The van der Waals surface area contributed by atoms with Gasteiger partial charge >= 0.3 is 0 Å². The molecule has 0 radical (unpaired) electrons. The zero-order chi connectivity index (χ0) is 15.0. The molecule has 0 aliphatic rings. The molecule has 0 aliphatic heterocycles. The first-order valence-electron chi connectivity index (χ1n) is 6.26. The predicted octanol–water partition coefficient (Wildman–Crippen LogP) is 4.75. The van der Waals surface area contributed by atoms with Crippen LogP contribution in [-0.4, -0.2) is 9.97 Å². The Labute approximate surface area is 140 Å². The Morgan fingerprint density at radius 3 is 2.86 bits per heavy atom. The normalized spacial score (nSPS) is 10.8. The van der Waals surface area contributed by atoms with E-state index in [2.05, 4.69) is 45.3 Å². The first-order valence-corrected chi connectivity index (χ1v) is 8.28. The minimum absolute atomic E-state index is 0.363. The van der Waals surface area contributed by atoms with Crippen molar-refractivity contribution >= 4 is 65.5 Å². The van der Waals surface area contributed by atoms with Crippen molar-refractivity contribution in [1.82, 2.24) is 4.98 Å². The number of benzene rings is 2. The number of nitrogens with two attached hydrogens (primary N) is 1. The van der Waals surface area contributed by atoms with E-state index in [1.165, 1.54) is 5.56 Å². The van der Waals surface area contributed by atoms with Gasteiger partial charge in [-0.1, -0.05) is 45.6 Å². The van der Waals surface area contributed by atoms with Crippen LogP contribution in [-0.2, 0) is 0 Å². The van der Waals surface area contributed by atoms with Crippen molar-refractivity contribution in [3.8, 4) is 0 Å². The molecule has 3 rings (SSSR count). The van der Waals surface area contributed by atoms with Crippen molar-refractivity contribution in [2.45, 2.75) is 6.92 Å². The maximum atomic E-state index is 5.77. The Balaban J connectivity index is 2.02. The molecule has 0 saturated carbocycles. The predicted molar refractivity (Wildman–Crippen MR) is 97.7 cm³/mol. The first kappa shape index (κ1) is 14.4. The third-order valence-corrected chi connectivity index (χ3v) is 4.68. The standard InChI is InChI=1S/C15H12BrN3S2/c1-8-2-5-11-13(6-8)21-15(18-11)19-12-7-9(16)3-4-10(12)14(17)20/h2-7H,1H3,(H2,17,20)(H,18,19). The van der Waals surface area contributed by atoms with E-state index in [1.54, 1.807) is 11.3 Å². The summed E-state index contributed by atoms with van der Waals surface area (Å²) in [5, 5.41) is 4.14. The third-order valence-electron chi connectivity index (χ3n) is 3.03. The largest absolute Gasteiger partial charge is 0.389 e. The van der Waals surface area contributed by atoms with Gasteiger partial charge in [0.1, 0.15) is 4.99 Å². The van der Waals surface area contributed by atoms with E-state index >= 15 is 0 Å². The number of fused-ring (bicyclic) bond motifs is 1. The molecule has 6 heteroatoms. The molecule has 3 N–H and O–H groups in total. The van der Waals surface area contributed by atoms with E-state index in [9.17, 15) is 0 Å². The minimum atomic E-state index is 0.363. The van der Waals surface area contributed by atoms with Gasteiger partial charge in [0.15, 0.2) is 5.13 Å². The van der Waals surface area contributed by atoms with Gasteiger partial charge in [0, 0.05) is 10.0 Å². The molecule has 0 unspecified atom stereocenters. The molecule has 0 fully saturated rings. The lowest BCUT2D eigenvalue weighted by Crippen LogP contribution is -2.11. The molecule has 0 saturated heterocycles. The van der Waals surface area contributed by atoms with Gasteiger partial charge in [-0.2, -0.15) is 0 Å². The van der Waals surface area contributed by atoms with E-state index in [-0.39, 0.29) is 0 Å². The lowest BCUT2D eigenvalue weighted by atomic mass is 10.2. The van der Waals surface area contributed by atoms with E-state index in [4.69, 9.17) is 18.0 Å². The van der Waals surface area contributed by atoms with E-state index in [0.717, 1.165) is 31.1 Å². The van der Waals surface area contributed by atoms with Gasteiger partial charge in [0.25, 0.3) is 0 Å². The number of thiazole rings is 1. The first-order chi connectivity index (χ1) is 10.0. The molecule has 106 valence electrons. The van der Waals surface area contributed by atoms with Gasteiger partial charge in [-0.25, -0.2) is 4.98 Å². The number of nitrogens with one attached hydrogen (secondary N) is 1. The lowest BCUT2D eigenvalue weighted by molar-refractivity contribution is 1.42. The number of nitrogens with zero attached hydrogens (tertiary/aromatic N) is 1. The number of rotatable bonds is 3. The maximum absolute atomic E-state index is 5.77. The van der Waals surface area contributed by atoms with Crippen LogP contribution in [0.3, 0.4) is 0 Å². The Morgan fingerprint density at radius 1 is 1.29 bits per heavy atom. The number of aromatic nitrogens is 1. The van der Waals surface area contributed by atoms with Crippen LogP contribution < -0.4 is 11.1 Å². The Hall–Kier alpha value is -1.50. The number of aryl methyl sites for hydroxylation is 1. The summed E-state index contributed by atoms with van der Waals surface area (Å²) in [5.74, 6) is 0. The van der Waals surface area contributed by atoms with Crippen molar-refractivity contribution in [3.63, 3.8) is 0 Å². The highest BCUT2D eigenvalue weighted by atomic mass is 79.9. The van der Waals surface area contributed by atoms with Crippen LogP contribution in [0, 0.1) is 6.92 Å². The fourth-order valence-electron chi connectivity index (χ4n) is 2.04. The number of hydrogen-bond acceptors (Lipinski definition) is 4. The van der Waals surface area contributed by atoms with E-state index in [1.807, 2.05) is 24.3 Å². The third kappa shape index (κ3) is 3.07. The Morgan fingerprint density at radius 2 is 2.10 bits per heavy atom. The SMILES string of the molecule is Cc1ccc2nc(Nc3cc(Br)ccc3C(N)=S)sc2c1. The molecule has 0 spiro atoms. The molecule has 2 aromatic carbocycles. The fraction of sp³-hybridized carbons (Fsp3) is 0.0667. The number of anilines is 2. The number of hydrogen-bond donors (Lipinski definition) is 2. The molecule has 3 nitrogen and oxygen atoms in total. The summed E-state index contributed by atoms with van der Waals surface area (Å²) in [6, 6.07) is 12.0. The van der Waals surface area contributed by atoms with Gasteiger partial charge in [0.2, 0.25) is 0 Å². The number of thiocarbonyl (C=S) groups is 1. The molecule has 21 heavy (non-hydrogen) atoms. The second kappa shape index (κ2) is 5.71. The van der Waals surface area contributed by atoms with Crippen LogP contribution in [0.5, 0.6) is 0 Å². The summed E-state index contributed by atoms with van der Waals surface area (Å²) in [4.78, 5) is 4.95. The maximum Gasteiger partial charge on any atom is 0.188 e. The smallest absolute Gasteiger partial charge is 0.188 e. The molecule has 0 atom stereocenters. The molecule has 0 amide bonds. The van der Waals surface area contributed by atoms with E-state index < -0.39 is 0 Å². The van der Waals surface area contributed by atoms with Crippen molar-refractivity contribution in [1.29, 1.82) is 0 Å². The molecular weight excluding hydrogens is 366 g/mol. The molecule has 0 aliphatic carbocycles. The lowest BCUT2D eigenvalue weighted by Gasteiger charge is -2.09. The van der Waals surface area contributed by atoms with Gasteiger partial charge < -0.3 is 11.1 Å². The van der Waals surface area contributed by atoms with Crippen molar-refractivity contribution in [3.05, 3.63) is 52.0 Å². The van der Waals surface area contributed by atoms with Crippen LogP contribution in [0.25, 0.3) is 10.2 Å². The average Bonchev–Trinajstić information content (AvgIpc) is 2.79. The van der Waals surface area contributed by atoms with Gasteiger partial charge in [-0.3, -0.25) is 0 Å². The molecule has 1 aromatic heterocycles. The summed E-state index contributed by atoms with van der Waals surface area (Å²) in [6.45, 7) is 2.07. The summed E-state index contributed by atoms with van der Waals surface area (Å²) in [7, 11) is 0. The monoisotopic (exact) mass is 377 g/mol. The van der Waals surface area contributed by atoms with Gasteiger partial charge in [0.05, 0.1) is 15.9 Å². The van der Waals surface area contributed by atoms with Crippen LogP contribution in [0.2, 0.25) is 0 Å². The quantitative estimate of drug-likeness (QED) is 0.646. The summed E-state index contributed by atoms with van der Waals surface area (Å²) < 4.78 is 2.12. The van der Waals surface area contributed by atoms with Crippen molar-refractivity contribution in [2.24, 2.45) is 5.73 Å². The molecule has 3 aromatic rings. The zero-order valence-electron chi connectivity index (χ0n) is 11.2. The van der Waals surface area contributed by atoms with Crippen molar-refractivity contribution < 1.29 is 0 Å². The van der Waals surface area contributed by atoms with Crippen molar-refractivity contribution in [2.75, 3.05) is 5.32 Å². The highest BCUT2D eigenvalue weighted by Crippen LogP contribution is 2.31. The highest BCUT2D eigenvalue weighted by Gasteiger charge is 2.09. The topological polar surface area (TPSA) is 50.9 Å². The zero-order valence-corrected chi connectivity index (χ0v) is 14.4. The minimum Gasteiger partial charge on any atom is -0.389 e. The Kier molecular flexibility index (Phi) is 3.93. The second-order valence-electron chi connectivity index (χ2n) is 4.67. The summed E-state index contributed by atoms with van der Waals surface area (Å²) in [5.41, 5.74) is 9.65. The summed E-state index contributed by atoms with van der Waals surface area (Å²) in [6.07, 6.45) is 0. The van der Waals surface area contributed by atoms with Gasteiger partial charge in [-0.05, 0) is 42.8 Å². The van der Waals surface area contributed by atoms with Crippen LogP contribution in [0.1, 0.15) is 11.1 Å². The van der Waals surface area contributed by atoms with Gasteiger partial charge in [-0.15, -0.1) is 0 Å². The second-order valence-corrected chi connectivity index (χ2v) is 7.06. The average molecular weight is 378 g/mol. The number of halogens is 1. The van der Waals surface area contributed by atoms with Crippen LogP contribution in [0.4, 0.5) is 10.8 Å². The fourth-order valence-corrected chi connectivity index (χ4v) is 3.55. The molecule has 0 bridgehead atoms. The van der Waals surface area contributed by atoms with E-state index in [0.29, 0.717) is 4.99 Å². The summed E-state index contributed by atoms with van der Waals surface area (Å²) >= 11 is 10.2. The molecular formula is C15H12BrN3S2.